The average Bonchev–Trinajstić information content (AvgIpc) is 2.80. The van der Waals surface area contributed by atoms with Gasteiger partial charge in [0.2, 0.25) is 11.9 Å². The minimum Gasteiger partial charge on any atom is -0.481 e. The van der Waals surface area contributed by atoms with Crippen molar-refractivity contribution in [1.29, 1.82) is 0 Å². The zero-order chi connectivity index (χ0) is 16.1. The summed E-state index contributed by atoms with van der Waals surface area (Å²) in [5.74, 6) is -1.05. The van der Waals surface area contributed by atoms with Crippen LogP contribution in [0, 0.1) is 0 Å². The van der Waals surface area contributed by atoms with Gasteiger partial charge in [0.05, 0.1) is 11.8 Å². The van der Waals surface area contributed by atoms with E-state index in [4.69, 9.17) is 10.8 Å². The number of carboxylic acids is 1. The molecule has 2 aromatic heterocycles. The molecule has 0 aromatic carbocycles. The number of hydrogen-bond donors (Lipinski definition) is 5. The van der Waals surface area contributed by atoms with E-state index in [9.17, 15) is 14.4 Å². The quantitative estimate of drug-likeness (QED) is 0.444. The van der Waals surface area contributed by atoms with Crippen molar-refractivity contribution in [3.63, 3.8) is 0 Å². The summed E-state index contributed by atoms with van der Waals surface area (Å²) >= 11 is 0. The van der Waals surface area contributed by atoms with E-state index in [0.717, 1.165) is 0 Å². The number of nitrogens with one attached hydrogen (secondary N) is 3. The third kappa shape index (κ3) is 4.08. The molecule has 9 heteroatoms. The van der Waals surface area contributed by atoms with Crippen molar-refractivity contribution in [1.82, 2.24) is 20.3 Å². The minimum atomic E-state index is -0.846. The fraction of sp³-hybridized carbons (Fsp3) is 0.385. The number of rotatable bonds is 7. The molecule has 0 saturated heterocycles. The van der Waals surface area contributed by atoms with Crippen LogP contribution in [-0.2, 0) is 16.0 Å². The molecule has 2 aromatic rings. The van der Waals surface area contributed by atoms with E-state index in [-0.39, 0.29) is 30.3 Å². The molecular formula is C13H17N5O4. The van der Waals surface area contributed by atoms with Crippen molar-refractivity contribution in [3.05, 3.63) is 22.1 Å². The molecule has 22 heavy (non-hydrogen) atoms. The van der Waals surface area contributed by atoms with Crippen LogP contribution in [0.15, 0.2) is 10.9 Å². The molecule has 118 valence electrons. The molecule has 0 saturated carbocycles. The second-order valence-electron chi connectivity index (χ2n) is 4.89. The predicted molar refractivity (Wildman–Crippen MR) is 79.3 cm³/mol. The van der Waals surface area contributed by atoms with Crippen molar-refractivity contribution < 1.29 is 14.7 Å². The third-order valence-electron chi connectivity index (χ3n) is 3.06. The Morgan fingerprint density at radius 3 is 2.82 bits per heavy atom. The number of nitrogen functional groups attached to an aromatic ring is 1. The van der Waals surface area contributed by atoms with E-state index in [1.807, 2.05) is 0 Å². The van der Waals surface area contributed by atoms with Gasteiger partial charge < -0.3 is 21.1 Å². The molecule has 0 aliphatic heterocycles. The Morgan fingerprint density at radius 1 is 1.32 bits per heavy atom. The number of carboxylic acid groups (broad SMARTS) is 1. The Morgan fingerprint density at radius 2 is 2.09 bits per heavy atom. The summed E-state index contributed by atoms with van der Waals surface area (Å²) in [6.07, 6.45) is 1.28. The number of unbranched alkanes of at least 4 members (excludes halogenated alkanes) is 1. The summed E-state index contributed by atoms with van der Waals surface area (Å²) in [7, 11) is 0. The van der Waals surface area contributed by atoms with Gasteiger partial charge in [-0.25, -0.2) is 0 Å². The maximum Gasteiger partial charge on any atom is 0.303 e. The standard InChI is InChI=1S/C13H17N5O4/c14-13-17-11-8(12(22)18-13)5-7(16-11)6-9(19)15-4-2-1-3-10(20)21/h5H,1-4,6H2,(H,15,19)(H,20,21)(H4,14,16,17,18,22). The van der Waals surface area contributed by atoms with Crippen molar-refractivity contribution in [2.75, 3.05) is 12.3 Å². The van der Waals surface area contributed by atoms with Gasteiger partial charge in [-0.15, -0.1) is 0 Å². The number of carbonyl (C=O) groups excluding carboxylic acids is 1. The summed E-state index contributed by atoms with van der Waals surface area (Å²) in [6.45, 7) is 0.415. The van der Waals surface area contributed by atoms with Gasteiger partial charge in [-0.1, -0.05) is 0 Å². The SMILES string of the molecule is Nc1nc2[nH]c(CC(=O)NCCCCC(=O)O)cc2c(=O)[nH]1. The smallest absolute Gasteiger partial charge is 0.303 e. The fourth-order valence-corrected chi connectivity index (χ4v) is 2.05. The van der Waals surface area contributed by atoms with Crippen molar-refractivity contribution in [2.45, 2.75) is 25.7 Å². The van der Waals surface area contributed by atoms with Gasteiger partial charge >= 0.3 is 5.97 Å². The lowest BCUT2D eigenvalue weighted by molar-refractivity contribution is -0.137. The van der Waals surface area contributed by atoms with E-state index >= 15 is 0 Å². The van der Waals surface area contributed by atoms with Gasteiger partial charge in [0.15, 0.2) is 0 Å². The first-order valence-corrected chi connectivity index (χ1v) is 6.81. The third-order valence-corrected chi connectivity index (χ3v) is 3.06. The molecule has 2 rings (SSSR count). The molecule has 1 amide bonds. The number of nitrogens with two attached hydrogens (primary N) is 1. The lowest BCUT2D eigenvalue weighted by Crippen LogP contribution is -2.26. The number of aliphatic carboxylic acids is 1. The molecule has 0 fully saturated rings. The van der Waals surface area contributed by atoms with Gasteiger partial charge in [-0.05, 0) is 18.9 Å². The number of aromatic nitrogens is 3. The van der Waals surface area contributed by atoms with Crippen LogP contribution in [0.5, 0.6) is 0 Å². The largest absolute Gasteiger partial charge is 0.481 e. The molecule has 0 atom stereocenters. The lowest BCUT2D eigenvalue weighted by atomic mass is 10.2. The Kier molecular flexibility index (Phi) is 4.77. The number of hydrogen-bond acceptors (Lipinski definition) is 5. The highest BCUT2D eigenvalue weighted by Crippen LogP contribution is 2.10. The summed E-state index contributed by atoms with van der Waals surface area (Å²) in [5.41, 5.74) is 5.98. The van der Waals surface area contributed by atoms with Crippen LogP contribution in [0.4, 0.5) is 5.95 Å². The van der Waals surface area contributed by atoms with Crippen LogP contribution in [-0.4, -0.2) is 38.5 Å². The molecule has 0 aliphatic carbocycles. The van der Waals surface area contributed by atoms with Crippen LogP contribution in [0.25, 0.3) is 11.0 Å². The minimum absolute atomic E-state index is 0.00813. The van der Waals surface area contributed by atoms with E-state index in [0.29, 0.717) is 36.1 Å². The van der Waals surface area contributed by atoms with Crippen LogP contribution >= 0.6 is 0 Å². The molecule has 9 nitrogen and oxygen atoms in total. The molecule has 6 N–H and O–H groups in total. The van der Waals surface area contributed by atoms with E-state index < -0.39 is 5.97 Å². The van der Waals surface area contributed by atoms with Gasteiger partial charge in [0.1, 0.15) is 5.65 Å². The second-order valence-corrected chi connectivity index (χ2v) is 4.89. The Labute approximate surface area is 124 Å². The number of aromatic amines is 2. The number of amides is 1. The molecule has 0 aliphatic rings. The molecule has 0 radical (unpaired) electrons. The first-order chi connectivity index (χ1) is 10.5. The second kappa shape index (κ2) is 6.74. The predicted octanol–water partition coefficient (Wildman–Crippen LogP) is -0.253. The molecule has 0 spiro atoms. The van der Waals surface area contributed by atoms with E-state index in [1.54, 1.807) is 6.07 Å². The van der Waals surface area contributed by atoms with Gasteiger partial charge in [-0.2, -0.15) is 4.98 Å². The van der Waals surface area contributed by atoms with Crippen LogP contribution in [0.1, 0.15) is 25.0 Å². The molecule has 2 heterocycles. The summed E-state index contributed by atoms with van der Waals surface area (Å²) in [6, 6.07) is 1.56. The summed E-state index contributed by atoms with van der Waals surface area (Å²) in [4.78, 5) is 43.0. The van der Waals surface area contributed by atoms with Crippen molar-refractivity contribution in [3.8, 4) is 0 Å². The number of anilines is 1. The summed E-state index contributed by atoms with van der Waals surface area (Å²) in [5, 5.41) is 11.5. The van der Waals surface area contributed by atoms with E-state index in [1.165, 1.54) is 0 Å². The first-order valence-electron chi connectivity index (χ1n) is 6.81. The lowest BCUT2D eigenvalue weighted by Gasteiger charge is -2.03. The highest BCUT2D eigenvalue weighted by atomic mass is 16.4. The number of fused-ring (bicyclic) bond motifs is 1. The maximum atomic E-state index is 11.8. The van der Waals surface area contributed by atoms with E-state index in [2.05, 4.69) is 20.3 Å². The molecule has 0 bridgehead atoms. The topological polar surface area (TPSA) is 154 Å². The van der Waals surface area contributed by atoms with Crippen LogP contribution < -0.4 is 16.6 Å². The number of nitrogens with zero attached hydrogens (tertiary/aromatic N) is 1. The normalized spacial score (nSPS) is 10.7. The Bertz CT molecular complexity index is 748. The van der Waals surface area contributed by atoms with Crippen LogP contribution in [0.3, 0.4) is 0 Å². The fourth-order valence-electron chi connectivity index (χ4n) is 2.05. The van der Waals surface area contributed by atoms with Gasteiger partial charge in [0, 0.05) is 18.7 Å². The van der Waals surface area contributed by atoms with Crippen molar-refractivity contribution >= 4 is 28.9 Å². The Hall–Kier alpha value is -2.84. The van der Waals surface area contributed by atoms with Gasteiger partial charge in [0.25, 0.3) is 5.56 Å². The number of H-pyrrole nitrogens is 2. The highest BCUT2D eigenvalue weighted by molar-refractivity contribution is 5.82. The molecule has 0 unspecified atom stereocenters. The first kappa shape index (κ1) is 15.5. The van der Waals surface area contributed by atoms with Gasteiger partial charge in [-0.3, -0.25) is 19.4 Å². The molecular weight excluding hydrogens is 290 g/mol. The average molecular weight is 307 g/mol. The maximum absolute atomic E-state index is 11.8. The Balaban J connectivity index is 1.88. The number of carbonyl (C=O) groups is 2. The zero-order valence-corrected chi connectivity index (χ0v) is 11.8. The van der Waals surface area contributed by atoms with Crippen molar-refractivity contribution in [2.24, 2.45) is 0 Å². The van der Waals surface area contributed by atoms with Crippen LogP contribution in [0.2, 0.25) is 0 Å². The highest BCUT2D eigenvalue weighted by Gasteiger charge is 2.10. The monoisotopic (exact) mass is 307 g/mol. The zero-order valence-electron chi connectivity index (χ0n) is 11.8. The summed E-state index contributed by atoms with van der Waals surface area (Å²) < 4.78 is 0.